The van der Waals surface area contributed by atoms with E-state index >= 15 is 0 Å². The second kappa shape index (κ2) is 6.61. The molecule has 0 saturated heterocycles. The van der Waals surface area contributed by atoms with Gasteiger partial charge < -0.3 is 10.1 Å². The number of alkyl carbamates (subject to hydrolysis) is 1. The summed E-state index contributed by atoms with van der Waals surface area (Å²) in [5.41, 5.74) is 0.0153. The number of ketones is 1. The summed E-state index contributed by atoms with van der Waals surface area (Å²) in [6.07, 6.45) is 1.39. The third-order valence-corrected chi connectivity index (χ3v) is 2.95. The SMILES string of the molecule is CSc1ccc(C(=O)CNC(=O)OC(C)(C)C)cc1. The Morgan fingerprint density at radius 2 is 1.79 bits per heavy atom. The van der Waals surface area contributed by atoms with Crippen molar-refractivity contribution in [3.8, 4) is 0 Å². The van der Waals surface area contributed by atoms with Crippen molar-refractivity contribution >= 4 is 23.6 Å². The molecule has 0 unspecified atom stereocenters. The van der Waals surface area contributed by atoms with Crippen LogP contribution in [-0.4, -0.2) is 30.3 Å². The van der Waals surface area contributed by atoms with Gasteiger partial charge >= 0.3 is 6.09 Å². The monoisotopic (exact) mass is 281 g/mol. The summed E-state index contributed by atoms with van der Waals surface area (Å²) in [7, 11) is 0. The molecule has 1 N–H and O–H groups in total. The van der Waals surface area contributed by atoms with E-state index in [9.17, 15) is 9.59 Å². The number of Topliss-reactive ketones (excluding diaryl/α,β-unsaturated/α-hetero) is 1. The summed E-state index contributed by atoms with van der Waals surface area (Å²) < 4.78 is 5.05. The van der Waals surface area contributed by atoms with Crippen LogP contribution in [0.25, 0.3) is 0 Å². The number of hydrogen-bond acceptors (Lipinski definition) is 4. The highest BCUT2D eigenvalue weighted by Crippen LogP contribution is 2.15. The summed E-state index contributed by atoms with van der Waals surface area (Å²) in [5, 5.41) is 2.45. The minimum atomic E-state index is -0.582. The van der Waals surface area contributed by atoms with Crippen LogP contribution in [0.2, 0.25) is 0 Å². The van der Waals surface area contributed by atoms with Crippen LogP contribution in [0.1, 0.15) is 31.1 Å². The summed E-state index contributed by atoms with van der Waals surface area (Å²) in [5.74, 6) is -0.140. The lowest BCUT2D eigenvalue weighted by Gasteiger charge is -2.19. The lowest BCUT2D eigenvalue weighted by molar-refractivity contribution is 0.0520. The molecule has 0 aliphatic rings. The van der Waals surface area contributed by atoms with Gasteiger partial charge in [0.25, 0.3) is 0 Å². The van der Waals surface area contributed by atoms with Gasteiger partial charge in [0.15, 0.2) is 5.78 Å². The van der Waals surface area contributed by atoms with E-state index in [1.165, 1.54) is 0 Å². The Labute approximate surface area is 117 Å². The molecule has 0 heterocycles. The molecule has 4 nitrogen and oxygen atoms in total. The zero-order valence-corrected chi connectivity index (χ0v) is 12.5. The van der Waals surface area contributed by atoms with Gasteiger partial charge in [-0.2, -0.15) is 0 Å². The summed E-state index contributed by atoms with van der Waals surface area (Å²) in [6, 6.07) is 7.27. The second-order valence-electron chi connectivity index (χ2n) is 5.01. The number of carbonyl (C=O) groups excluding carboxylic acids is 2. The average molecular weight is 281 g/mol. The molecule has 1 aromatic carbocycles. The molecule has 0 aromatic heterocycles. The highest BCUT2D eigenvalue weighted by Gasteiger charge is 2.16. The van der Waals surface area contributed by atoms with Gasteiger partial charge in [0.05, 0.1) is 6.54 Å². The van der Waals surface area contributed by atoms with E-state index < -0.39 is 11.7 Å². The van der Waals surface area contributed by atoms with Crippen molar-refractivity contribution in [2.75, 3.05) is 12.8 Å². The highest BCUT2D eigenvalue weighted by atomic mass is 32.2. The van der Waals surface area contributed by atoms with Crippen LogP contribution in [0, 0.1) is 0 Å². The Hall–Kier alpha value is -1.49. The van der Waals surface area contributed by atoms with Gasteiger partial charge in [0.2, 0.25) is 0 Å². The van der Waals surface area contributed by atoms with E-state index in [2.05, 4.69) is 5.32 Å². The van der Waals surface area contributed by atoms with Crippen LogP contribution in [0.4, 0.5) is 4.79 Å². The van der Waals surface area contributed by atoms with E-state index in [4.69, 9.17) is 4.74 Å². The van der Waals surface area contributed by atoms with Crippen molar-refractivity contribution in [2.45, 2.75) is 31.3 Å². The molecular weight excluding hydrogens is 262 g/mol. The van der Waals surface area contributed by atoms with E-state index in [-0.39, 0.29) is 12.3 Å². The lowest BCUT2D eigenvalue weighted by atomic mass is 10.1. The molecular formula is C14H19NO3S. The van der Waals surface area contributed by atoms with Crippen LogP contribution >= 0.6 is 11.8 Å². The van der Waals surface area contributed by atoms with E-state index in [0.717, 1.165) is 4.90 Å². The molecule has 0 aliphatic carbocycles. The normalized spacial score (nSPS) is 10.9. The molecule has 1 rings (SSSR count). The minimum absolute atomic E-state index is 0.0620. The van der Waals surface area contributed by atoms with Gasteiger partial charge in [0, 0.05) is 10.5 Å². The molecule has 0 bridgehead atoms. The molecule has 0 fully saturated rings. The fourth-order valence-corrected chi connectivity index (χ4v) is 1.75. The highest BCUT2D eigenvalue weighted by molar-refractivity contribution is 7.98. The Morgan fingerprint density at radius 1 is 1.21 bits per heavy atom. The molecule has 0 aliphatic heterocycles. The van der Waals surface area contributed by atoms with E-state index in [1.54, 1.807) is 44.7 Å². The zero-order valence-electron chi connectivity index (χ0n) is 11.6. The van der Waals surface area contributed by atoms with E-state index in [1.807, 2.05) is 18.4 Å². The van der Waals surface area contributed by atoms with Crippen LogP contribution in [0.3, 0.4) is 0 Å². The summed E-state index contributed by atoms with van der Waals surface area (Å²) in [6.45, 7) is 5.26. The molecule has 0 atom stereocenters. The number of thioether (sulfide) groups is 1. The fraction of sp³-hybridized carbons (Fsp3) is 0.429. The van der Waals surface area contributed by atoms with Gasteiger partial charge in [-0.1, -0.05) is 12.1 Å². The Balaban J connectivity index is 2.49. The van der Waals surface area contributed by atoms with Crippen molar-refractivity contribution < 1.29 is 14.3 Å². The largest absolute Gasteiger partial charge is 0.444 e. The van der Waals surface area contributed by atoms with Crippen LogP contribution < -0.4 is 5.32 Å². The topological polar surface area (TPSA) is 55.4 Å². The van der Waals surface area contributed by atoms with Crippen molar-refractivity contribution in [2.24, 2.45) is 0 Å². The molecule has 19 heavy (non-hydrogen) atoms. The lowest BCUT2D eigenvalue weighted by Crippen LogP contribution is -2.35. The number of nitrogens with one attached hydrogen (secondary N) is 1. The van der Waals surface area contributed by atoms with Crippen LogP contribution in [0.5, 0.6) is 0 Å². The zero-order chi connectivity index (χ0) is 14.5. The maximum absolute atomic E-state index is 11.8. The molecule has 1 aromatic rings. The van der Waals surface area contributed by atoms with Gasteiger partial charge in [-0.25, -0.2) is 4.79 Å². The molecule has 0 spiro atoms. The first kappa shape index (κ1) is 15.6. The third kappa shape index (κ3) is 5.79. The summed E-state index contributed by atoms with van der Waals surface area (Å²) in [4.78, 5) is 24.3. The molecule has 0 saturated carbocycles. The number of benzene rings is 1. The molecule has 5 heteroatoms. The van der Waals surface area contributed by atoms with Gasteiger partial charge in [-0.15, -0.1) is 11.8 Å². The number of carbonyl (C=O) groups is 2. The first-order chi connectivity index (χ1) is 8.81. The molecule has 0 radical (unpaired) electrons. The van der Waals surface area contributed by atoms with Crippen LogP contribution in [0.15, 0.2) is 29.2 Å². The van der Waals surface area contributed by atoms with E-state index in [0.29, 0.717) is 5.56 Å². The Morgan fingerprint density at radius 3 is 2.26 bits per heavy atom. The predicted octanol–water partition coefficient (Wildman–Crippen LogP) is 3.12. The second-order valence-corrected chi connectivity index (χ2v) is 5.89. The average Bonchev–Trinajstić information content (AvgIpc) is 2.34. The first-order valence-corrected chi connectivity index (χ1v) is 7.18. The van der Waals surface area contributed by atoms with Crippen molar-refractivity contribution in [3.63, 3.8) is 0 Å². The van der Waals surface area contributed by atoms with Crippen LogP contribution in [-0.2, 0) is 4.74 Å². The smallest absolute Gasteiger partial charge is 0.408 e. The Kier molecular flexibility index (Phi) is 5.42. The number of rotatable bonds is 4. The van der Waals surface area contributed by atoms with Gasteiger partial charge in [-0.05, 0) is 39.2 Å². The number of hydrogen-bond donors (Lipinski definition) is 1. The Bertz CT molecular complexity index is 449. The maximum Gasteiger partial charge on any atom is 0.408 e. The fourth-order valence-electron chi connectivity index (χ4n) is 1.35. The first-order valence-electron chi connectivity index (χ1n) is 5.96. The quantitative estimate of drug-likeness (QED) is 0.680. The maximum atomic E-state index is 11.8. The predicted molar refractivity (Wildman–Crippen MR) is 76.8 cm³/mol. The molecule has 1 amide bonds. The number of amides is 1. The summed E-state index contributed by atoms with van der Waals surface area (Å²) >= 11 is 1.61. The van der Waals surface area contributed by atoms with Gasteiger partial charge in [0.1, 0.15) is 5.60 Å². The van der Waals surface area contributed by atoms with Crippen molar-refractivity contribution in [3.05, 3.63) is 29.8 Å². The van der Waals surface area contributed by atoms with Crippen molar-refractivity contribution in [1.29, 1.82) is 0 Å². The number of ether oxygens (including phenoxy) is 1. The standard InChI is InChI=1S/C14H19NO3S/c1-14(2,3)18-13(17)15-9-12(16)10-5-7-11(19-4)8-6-10/h5-8H,9H2,1-4H3,(H,15,17). The third-order valence-electron chi connectivity index (χ3n) is 2.20. The molecule has 104 valence electrons. The minimum Gasteiger partial charge on any atom is -0.444 e. The van der Waals surface area contributed by atoms with Gasteiger partial charge in [-0.3, -0.25) is 4.79 Å². The van der Waals surface area contributed by atoms with Crippen molar-refractivity contribution in [1.82, 2.24) is 5.32 Å².